The van der Waals surface area contributed by atoms with E-state index in [1.54, 1.807) is 18.2 Å². The van der Waals surface area contributed by atoms with Crippen molar-refractivity contribution in [1.29, 1.82) is 0 Å². The molecule has 0 aromatic heterocycles. The molecule has 0 aliphatic carbocycles. The number of nitrogens with zero attached hydrogens (tertiary/aromatic N) is 2. The van der Waals surface area contributed by atoms with Gasteiger partial charge in [0.05, 0.1) is 5.02 Å². The summed E-state index contributed by atoms with van der Waals surface area (Å²) in [5, 5.41) is 3.38. The Morgan fingerprint density at radius 1 is 1.38 bits per heavy atom. The molecule has 0 spiro atoms. The van der Waals surface area contributed by atoms with Crippen LogP contribution in [0.5, 0.6) is 5.75 Å². The summed E-state index contributed by atoms with van der Waals surface area (Å²) in [7, 11) is 3.94. The minimum atomic E-state index is -0.110. The maximum atomic E-state index is 12.1. The second-order valence-electron chi connectivity index (χ2n) is 6.46. The van der Waals surface area contributed by atoms with Crippen LogP contribution in [-0.2, 0) is 0 Å². The zero-order chi connectivity index (χ0) is 17.5. The lowest BCUT2D eigenvalue weighted by molar-refractivity contribution is 0.0950. The first-order chi connectivity index (χ1) is 11.5. The summed E-state index contributed by atoms with van der Waals surface area (Å²) in [4.78, 5) is 16.6. The van der Waals surface area contributed by atoms with Crippen molar-refractivity contribution in [3.05, 3.63) is 28.8 Å². The van der Waals surface area contributed by atoms with Crippen LogP contribution in [0.15, 0.2) is 18.2 Å². The van der Waals surface area contributed by atoms with E-state index in [1.807, 2.05) is 19.0 Å². The van der Waals surface area contributed by atoms with Gasteiger partial charge in [0.1, 0.15) is 11.9 Å². The molecule has 0 unspecified atom stereocenters. The van der Waals surface area contributed by atoms with Gasteiger partial charge >= 0.3 is 0 Å². The van der Waals surface area contributed by atoms with Crippen molar-refractivity contribution >= 4 is 17.5 Å². The van der Waals surface area contributed by atoms with Crippen LogP contribution in [0.2, 0.25) is 5.02 Å². The van der Waals surface area contributed by atoms with Crippen LogP contribution in [0.4, 0.5) is 0 Å². The van der Waals surface area contributed by atoms with Crippen LogP contribution in [-0.4, -0.2) is 68.6 Å². The van der Waals surface area contributed by atoms with Gasteiger partial charge in [-0.15, -0.1) is 0 Å². The van der Waals surface area contributed by atoms with Gasteiger partial charge in [-0.05, 0) is 51.7 Å². The van der Waals surface area contributed by atoms with Crippen LogP contribution in [0.3, 0.4) is 0 Å². The third-order valence-corrected chi connectivity index (χ3v) is 4.61. The highest BCUT2D eigenvalue weighted by atomic mass is 35.5. The number of halogens is 1. The summed E-state index contributed by atoms with van der Waals surface area (Å²) < 4.78 is 6.03. The van der Waals surface area contributed by atoms with Gasteiger partial charge < -0.3 is 19.9 Å². The normalized spacial score (nSPS) is 16.4. The first kappa shape index (κ1) is 19.0. The Morgan fingerprint density at radius 2 is 2.08 bits per heavy atom. The Morgan fingerprint density at radius 3 is 2.67 bits per heavy atom. The molecule has 1 aliphatic heterocycles. The number of benzene rings is 1. The zero-order valence-corrected chi connectivity index (χ0v) is 15.6. The summed E-state index contributed by atoms with van der Waals surface area (Å²) in [6.45, 7) is 6.80. The highest BCUT2D eigenvalue weighted by molar-refractivity contribution is 6.32. The van der Waals surface area contributed by atoms with E-state index in [-0.39, 0.29) is 12.0 Å². The molecule has 1 aromatic carbocycles. The molecule has 0 saturated carbocycles. The van der Waals surface area contributed by atoms with Crippen LogP contribution in [0.25, 0.3) is 0 Å². The molecule has 1 aliphatic rings. The molecule has 1 N–H and O–H groups in total. The van der Waals surface area contributed by atoms with Gasteiger partial charge in [0.15, 0.2) is 0 Å². The van der Waals surface area contributed by atoms with E-state index in [4.69, 9.17) is 16.3 Å². The van der Waals surface area contributed by atoms with Crippen LogP contribution in [0, 0.1) is 0 Å². The van der Waals surface area contributed by atoms with E-state index < -0.39 is 0 Å². The van der Waals surface area contributed by atoms with Gasteiger partial charge in [-0.1, -0.05) is 18.5 Å². The third kappa shape index (κ3) is 5.65. The van der Waals surface area contributed by atoms with Gasteiger partial charge in [-0.25, -0.2) is 0 Å². The van der Waals surface area contributed by atoms with Gasteiger partial charge in [0.25, 0.3) is 5.91 Å². The third-order valence-electron chi connectivity index (χ3n) is 4.31. The minimum Gasteiger partial charge on any atom is -0.489 e. The largest absolute Gasteiger partial charge is 0.489 e. The number of hydrogen-bond acceptors (Lipinski definition) is 4. The summed E-state index contributed by atoms with van der Waals surface area (Å²) in [6.07, 6.45) is 2.22. The molecule has 1 fully saturated rings. The zero-order valence-electron chi connectivity index (χ0n) is 14.8. The SMILES string of the molecule is CCN1CCC(Oc2ccc(C(=O)NCCN(C)C)cc2Cl)CC1. The molecule has 1 amide bonds. The topological polar surface area (TPSA) is 44.8 Å². The van der Waals surface area contributed by atoms with Gasteiger partial charge in [0, 0.05) is 31.7 Å². The molecule has 1 heterocycles. The molecule has 24 heavy (non-hydrogen) atoms. The lowest BCUT2D eigenvalue weighted by Crippen LogP contribution is -2.38. The van der Waals surface area contributed by atoms with Crippen molar-refractivity contribution in [3.63, 3.8) is 0 Å². The van der Waals surface area contributed by atoms with E-state index in [2.05, 4.69) is 17.1 Å². The number of carbonyl (C=O) groups excluding carboxylic acids is 1. The Kier molecular flexibility index (Phi) is 7.34. The minimum absolute atomic E-state index is 0.110. The monoisotopic (exact) mass is 353 g/mol. The van der Waals surface area contributed by atoms with Gasteiger partial charge in [0.2, 0.25) is 0 Å². The fourth-order valence-electron chi connectivity index (χ4n) is 2.76. The van der Waals surface area contributed by atoms with Crippen molar-refractivity contribution in [2.45, 2.75) is 25.9 Å². The van der Waals surface area contributed by atoms with E-state index in [9.17, 15) is 4.79 Å². The molecule has 0 bridgehead atoms. The number of ether oxygens (including phenoxy) is 1. The molecule has 5 nitrogen and oxygen atoms in total. The lowest BCUT2D eigenvalue weighted by atomic mass is 10.1. The average Bonchev–Trinajstić information content (AvgIpc) is 2.57. The fraction of sp³-hybridized carbons (Fsp3) is 0.611. The maximum Gasteiger partial charge on any atom is 0.251 e. The van der Waals surface area contributed by atoms with Crippen molar-refractivity contribution in [2.24, 2.45) is 0 Å². The molecule has 1 saturated heterocycles. The molecule has 1 aromatic rings. The summed E-state index contributed by atoms with van der Waals surface area (Å²) in [5.74, 6) is 0.554. The van der Waals surface area contributed by atoms with E-state index >= 15 is 0 Å². The van der Waals surface area contributed by atoms with Crippen molar-refractivity contribution in [1.82, 2.24) is 15.1 Å². The number of piperidine rings is 1. The van der Waals surface area contributed by atoms with Crippen molar-refractivity contribution in [3.8, 4) is 5.75 Å². The first-order valence-electron chi connectivity index (χ1n) is 8.61. The first-order valence-corrected chi connectivity index (χ1v) is 8.99. The highest BCUT2D eigenvalue weighted by Gasteiger charge is 2.20. The molecule has 134 valence electrons. The fourth-order valence-corrected chi connectivity index (χ4v) is 2.98. The van der Waals surface area contributed by atoms with Crippen molar-refractivity contribution in [2.75, 3.05) is 46.8 Å². The summed E-state index contributed by atoms with van der Waals surface area (Å²) >= 11 is 6.31. The van der Waals surface area contributed by atoms with Gasteiger partial charge in [-0.3, -0.25) is 4.79 Å². The predicted octanol–water partition coefficient (Wildman–Crippen LogP) is 2.49. The highest BCUT2D eigenvalue weighted by Crippen LogP contribution is 2.28. The predicted molar refractivity (Wildman–Crippen MR) is 98.1 cm³/mol. The van der Waals surface area contributed by atoms with Crippen LogP contribution >= 0.6 is 11.6 Å². The van der Waals surface area contributed by atoms with Crippen LogP contribution < -0.4 is 10.1 Å². The number of hydrogen-bond donors (Lipinski definition) is 1. The lowest BCUT2D eigenvalue weighted by Gasteiger charge is -2.31. The smallest absolute Gasteiger partial charge is 0.251 e. The number of rotatable bonds is 7. The standard InChI is InChI=1S/C18H28ClN3O2/c1-4-22-10-7-15(8-11-22)24-17-6-5-14(13-16(17)19)18(23)20-9-12-21(2)3/h5-6,13,15H,4,7-12H2,1-3H3,(H,20,23). The van der Waals surface area contributed by atoms with Gasteiger partial charge in [-0.2, -0.15) is 0 Å². The summed E-state index contributed by atoms with van der Waals surface area (Å²) in [6, 6.07) is 5.26. The maximum absolute atomic E-state index is 12.1. The molecule has 6 heteroatoms. The molecular formula is C18H28ClN3O2. The Labute approximate surface area is 149 Å². The number of amides is 1. The van der Waals surface area contributed by atoms with Crippen molar-refractivity contribution < 1.29 is 9.53 Å². The van der Waals surface area contributed by atoms with E-state index in [0.717, 1.165) is 39.0 Å². The Bertz CT molecular complexity index is 543. The molecule has 2 rings (SSSR count). The number of likely N-dealkylation sites (N-methyl/N-ethyl adjacent to an activating group) is 1. The summed E-state index contributed by atoms with van der Waals surface area (Å²) in [5.41, 5.74) is 0.562. The second kappa shape index (κ2) is 9.25. The van der Waals surface area contributed by atoms with E-state index in [0.29, 0.717) is 22.9 Å². The number of likely N-dealkylation sites (tertiary alicyclic amines) is 1. The average molecular weight is 354 g/mol. The number of nitrogens with one attached hydrogen (secondary N) is 1. The molecule has 0 radical (unpaired) electrons. The number of carbonyl (C=O) groups is 1. The Hall–Kier alpha value is -1.30. The van der Waals surface area contributed by atoms with Crippen LogP contribution in [0.1, 0.15) is 30.1 Å². The van der Waals surface area contributed by atoms with E-state index in [1.165, 1.54) is 0 Å². The molecular weight excluding hydrogens is 326 g/mol. The molecule has 0 atom stereocenters. The second-order valence-corrected chi connectivity index (χ2v) is 6.86. The Balaban J connectivity index is 1.88. The quantitative estimate of drug-likeness (QED) is 0.818.